The molecule has 0 aliphatic carbocycles. The molecule has 27 heavy (non-hydrogen) atoms. The van der Waals surface area contributed by atoms with Gasteiger partial charge in [0.25, 0.3) is 6.43 Å². The minimum atomic E-state index is -2.54. The monoisotopic (exact) mass is 375 g/mol. The third-order valence-electron chi connectivity index (χ3n) is 4.02. The Kier molecular flexibility index (Phi) is 5.49. The van der Waals surface area contributed by atoms with E-state index in [1.807, 2.05) is 24.3 Å². The lowest BCUT2D eigenvalue weighted by Crippen LogP contribution is -2.44. The summed E-state index contributed by atoms with van der Waals surface area (Å²) in [6.45, 7) is 0.774. The molecule has 2 heterocycles. The number of anilines is 1. The summed E-state index contributed by atoms with van der Waals surface area (Å²) in [7, 11) is 0. The molecule has 0 aliphatic heterocycles. The number of amides is 2. The van der Waals surface area contributed by atoms with Crippen molar-refractivity contribution in [3.8, 4) is 0 Å². The number of hydrogen-bond acceptors (Lipinski definition) is 3. The van der Waals surface area contributed by atoms with Crippen molar-refractivity contribution < 1.29 is 18.4 Å². The third kappa shape index (κ3) is 4.69. The zero-order valence-corrected chi connectivity index (χ0v) is 14.6. The van der Waals surface area contributed by atoms with Crippen molar-refractivity contribution in [1.82, 2.24) is 20.1 Å². The summed E-state index contributed by atoms with van der Waals surface area (Å²) in [5.74, 6) is -0.796. The Balaban J connectivity index is 1.74. The highest BCUT2D eigenvalue weighted by Crippen LogP contribution is 2.19. The van der Waals surface area contributed by atoms with Crippen molar-refractivity contribution in [3.63, 3.8) is 0 Å². The summed E-state index contributed by atoms with van der Waals surface area (Å²) in [5.41, 5.74) is 2.10. The molecule has 1 unspecified atom stereocenters. The molecule has 3 N–H and O–H groups in total. The van der Waals surface area contributed by atoms with Crippen LogP contribution in [-0.2, 0) is 22.6 Å². The maximum atomic E-state index is 12.6. The summed E-state index contributed by atoms with van der Waals surface area (Å²) in [6, 6.07) is 6.82. The number of carbonyl (C=O) groups excluding carboxylic acids is 2. The van der Waals surface area contributed by atoms with E-state index < -0.39 is 24.9 Å². The van der Waals surface area contributed by atoms with E-state index in [0.717, 1.165) is 21.1 Å². The molecule has 7 nitrogen and oxygen atoms in total. The molecule has 0 bridgehead atoms. The number of para-hydroxylation sites is 1. The number of aromatic amines is 1. The highest BCUT2D eigenvalue weighted by atomic mass is 19.3. The van der Waals surface area contributed by atoms with E-state index in [0.29, 0.717) is 0 Å². The second kappa shape index (κ2) is 7.98. The van der Waals surface area contributed by atoms with E-state index in [1.165, 1.54) is 19.3 Å². The Labute approximate surface area is 153 Å². The van der Waals surface area contributed by atoms with E-state index in [-0.39, 0.29) is 18.0 Å². The van der Waals surface area contributed by atoms with Crippen LogP contribution < -0.4 is 10.6 Å². The average Bonchev–Trinajstić information content (AvgIpc) is 3.20. The number of nitrogens with one attached hydrogen (secondary N) is 3. The number of fused-ring (bicyclic) bond motifs is 1. The number of rotatable bonds is 7. The molecule has 3 aromatic rings. The fourth-order valence-corrected chi connectivity index (χ4v) is 2.87. The van der Waals surface area contributed by atoms with Crippen LogP contribution in [0.1, 0.15) is 12.5 Å². The Morgan fingerprint density at radius 3 is 2.81 bits per heavy atom. The highest BCUT2D eigenvalue weighted by Gasteiger charge is 2.22. The molecule has 0 aliphatic rings. The standard InChI is InChI=1S/C18H19F2N5O2/c1-11(26)23-16(6-12-7-21-15-5-3-2-4-14(12)15)18(27)24-13-8-22-25(9-13)10-17(19)20/h2-5,7-9,16-17,21H,6,10H2,1H3,(H,23,26)(H,24,27). The van der Waals surface area contributed by atoms with Crippen LogP contribution in [0.4, 0.5) is 14.5 Å². The van der Waals surface area contributed by atoms with Gasteiger partial charge in [0.2, 0.25) is 11.8 Å². The van der Waals surface area contributed by atoms with Gasteiger partial charge in [0.15, 0.2) is 0 Å². The molecule has 1 aromatic carbocycles. The molecular formula is C18H19F2N5O2. The molecule has 1 atom stereocenters. The summed E-state index contributed by atoms with van der Waals surface area (Å²) in [5, 5.41) is 9.98. The van der Waals surface area contributed by atoms with Crippen molar-refractivity contribution in [1.29, 1.82) is 0 Å². The quantitative estimate of drug-likeness (QED) is 0.592. The average molecular weight is 375 g/mol. The predicted molar refractivity (Wildman–Crippen MR) is 96.5 cm³/mol. The van der Waals surface area contributed by atoms with Crippen LogP contribution in [0, 0.1) is 0 Å². The lowest BCUT2D eigenvalue weighted by atomic mass is 10.0. The Morgan fingerprint density at radius 2 is 2.07 bits per heavy atom. The first-order chi connectivity index (χ1) is 12.9. The van der Waals surface area contributed by atoms with Gasteiger partial charge < -0.3 is 15.6 Å². The van der Waals surface area contributed by atoms with Crippen LogP contribution >= 0.6 is 0 Å². The molecule has 0 fully saturated rings. The van der Waals surface area contributed by atoms with E-state index in [4.69, 9.17) is 0 Å². The van der Waals surface area contributed by atoms with Gasteiger partial charge in [-0.3, -0.25) is 14.3 Å². The summed E-state index contributed by atoms with van der Waals surface area (Å²) < 4.78 is 25.9. The topological polar surface area (TPSA) is 91.8 Å². The molecule has 0 saturated heterocycles. The van der Waals surface area contributed by atoms with Crippen LogP contribution in [0.3, 0.4) is 0 Å². The lowest BCUT2D eigenvalue weighted by molar-refractivity contribution is -0.125. The second-order valence-electron chi connectivity index (χ2n) is 6.15. The Hall–Kier alpha value is -3.23. The smallest absolute Gasteiger partial charge is 0.257 e. The maximum Gasteiger partial charge on any atom is 0.257 e. The van der Waals surface area contributed by atoms with Crippen LogP contribution in [0.25, 0.3) is 10.9 Å². The van der Waals surface area contributed by atoms with E-state index in [9.17, 15) is 18.4 Å². The van der Waals surface area contributed by atoms with Gasteiger partial charge in [-0.2, -0.15) is 5.10 Å². The second-order valence-corrected chi connectivity index (χ2v) is 6.15. The van der Waals surface area contributed by atoms with Gasteiger partial charge >= 0.3 is 0 Å². The summed E-state index contributed by atoms with van der Waals surface area (Å²) >= 11 is 0. The van der Waals surface area contributed by atoms with Crippen molar-refractivity contribution in [3.05, 3.63) is 48.4 Å². The molecular weight excluding hydrogens is 356 g/mol. The van der Waals surface area contributed by atoms with Crippen LogP contribution in [0.2, 0.25) is 0 Å². The fourth-order valence-electron chi connectivity index (χ4n) is 2.87. The SMILES string of the molecule is CC(=O)NC(Cc1c[nH]c2ccccc12)C(=O)Nc1cnn(CC(F)F)c1. The van der Waals surface area contributed by atoms with Gasteiger partial charge in [-0.05, 0) is 11.6 Å². The molecule has 9 heteroatoms. The highest BCUT2D eigenvalue weighted by molar-refractivity contribution is 5.97. The first-order valence-corrected chi connectivity index (χ1v) is 8.36. The number of H-pyrrole nitrogens is 1. The number of halogens is 2. The van der Waals surface area contributed by atoms with Gasteiger partial charge in [0.05, 0.1) is 11.9 Å². The minimum Gasteiger partial charge on any atom is -0.361 e. The molecule has 0 spiro atoms. The Bertz CT molecular complexity index is 950. The van der Waals surface area contributed by atoms with Crippen molar-refractivity contribution in [2.75, 3.05) is 5.32 Å². The molecule has 2 amide bonds. The first-order valence-electron chi connectivity index (χ1n) is 8.36. The minimum absolute atomic E-state index is 0.278. The van der Waals surface area contributed by atoms with Crippen LogP contribution in [-0.4, -0.2) is 39.0 Å². The molecule has 3 rings (SSSR count). The van der Waals surface area contributed by atoms with Crippen LogP contribution in [0.5, 0.6) is 0 Å². The van der Waals surface area contributed by atoms with Crippen molar-refractivity contribution >= 4 is 28.4 Å². The van der Waals surface area contributed by atoms with E-state index in [2.05, 4.69) is 20.7 Å². The number of hydrogen-bond donors (Lipinski definition) is 3. The normalized spacial score (nSPS) is 12.3. The molecule has 0 saturated carbocycles. The molecule has 142 valence electrons. The number of aromatic nitrogens is 3. The summed E-state index contributed by atoms with van der Waals surface area (Å²) in [4.78, 5) is 27.3. The van der Waals surface area contributed by atoms with Gasteiger partial charge in [0.1, 0.15) is 12.6 Å². The lowest BCUT2D eigenvalue weighted by Gasteiger charge is -2.17. The number of nitrogens with zero attached hydrogens (tertiary/aromatic N) is 2. The third-order valence-corrected chi connectivity index (χ3v) is 4.02. The van der Waals surface area contributed by atoms with Gasteiger partial charge in [-0.1, -0.05) is 18.2 Å². The number of benzene rings is 1. The zero-order valence-electron chi connectivity index (χ0n) is 14.6. The van der Waals surface area contributed by atoms with E-state index in [1.54, 1.807) is 6.20 Å². The van der Waals surface area contributed by atoms with Gasteiger partial charge in [0, 0.05) is 36.6 Å². The molecule has 0 radical (unpaired) electrons. The van der Waals surface area contributed by atoms with Gasteiger partial charge in [-0.25, -0.2) is 8.78 Å². The molecule has 2 aromatic heterocycles. The largest absolute Gasteiger partial charge is 0.361 e. The number of alkyl halides is 2. The fraction of sp³-hybridized carbons (Fsp3) is 0.278. The predicted octanol–water partition coefficient (Wildman–Crippen LogP) is 2.32. The van der Waals surface area contributed by atoms with E-state index >= 15 is 0 Å². The van der Waals surface area contributed by atoms with Crippen LogP contribution in [0.15, 0.2) is 42.9 Å². The summed E-state index contributed by atoms with van der Waals surface area (Å²) in [6.07, 6.45) is 2.15. The number of carbonyl (C=O) groups is 2. The van der Waals surface area contributed by atoms with Crippen molar-refractivity contribution in [2.24, 2.45) is 0 Å². The first kappa shape index (κ1) is 18.6. The van der Waals surface area contributed by atoms with Gasteiger partial charge in [-0.15, -0.1) is 0 Å². The van der Waals surface area contributed by atoms with Crippen molar-refractivity contribution in [2.45, 2.75) is 32.4 Å². The zero-order chi connectivity index (χ0) is 19.4. The Morgan fingerprint density at radius 1 is 1.30 bits per heavy atom. The maximum absolute atomic E-state index is 12.6.